The molecule has 0 fully saturated rings. The van der Waals surface area contributed by atoms with Gasteiger partial charge in [-0.05, 0) is 40.6 Å². The van der Waals surface area contributed by atoms with Gasteiger partial charge in [0.05, 0.1) is 11.0 Å². The zero-order valence-corrected chi connectivity index (χ0v) is 14.6. The SMILES string of the molecule is NC(=O)c1cccc2c1c1[c]cccc1n2Cc1cccc2ccccc12. The topological polar surface area (TPSA) is 48.0 Å². The summed E-state index contributed by atoms with van der Waals surface area (Å²) in [6, 6.07) is 29.7. The molecule has 3 heteroatoms. The number of amides is 1. The summed E-state index contributed by atoms with van der Waals surface area (Å²) in [5.74, 6) is -0.415. The number of fused-ring (bicyclic) bond motifs is 4. The van der Waals surface area contributed by atoms with Gasteiger partial charge >= 0.3 is 0 Å². The predicted octanol–water partition coefficient (Wildman–Crippen LogP) is 4.90. The molecule has 0 aliphatic rings. The van der Waals surface area contributed by atoms with Crippen molar-refractivity contribution in [2.24, 2.45) is 5.73 Å². The van der Waals surface area contributed by atoms with Gasteiger partial charge in [0.2, 0.25) is 5.91 Å². The molecule has 4 aromatic carbocycles. The molecule has 1 radical (unpaired) electrons. The third-order valence-corrected chi connectivity index (χ3v) is 5.18. The van der Waals surface area contributed by atoms with Crippen LogP contribution in [0, 0.1) is 6.07 Å². The van der Waals surface area contributed by atoms with Crippen molar-refractivity contribution >= 4 is 38.5 Å². The Balaban J connectivity index is 1.82. The molecule has 0 saturated carbocycles. The number of rotatable bonds is 3. The molecular weight excluding hydrogens is 332 g/mol. The van der Waals surface area contributed by atoms with E-state index in [2.05, 4.69) is 59.2 Å². The lowest BCUT2D eigenvalue weighted by molar-refractivity contribution is 0.100. The summed E-state index contributed by atoms with van der Waals surface area (Å²) >= 11 is 0. The minimum atomic E-state index is -0.415. The fraction of sp³-hybridized carbons (Fsp3) is 0.0417. The highest BCUT2D eigenvalue weighted by atomic mass is 16.1. The molecule has 3 nitrogen and oxygen atoms in total. The second-order valence-electron chi connectivity index (χ2n) is 6.72. The summed E-state index contributed by atoms with van der Waals surface area (Å²) in [6.45, 7) is 0.710. The van der Waals surface area contributed by atoms with Crippen LogP contribution in [0.5, 0.6) is 0 Å². The predicted molar refractivity (Wildman–Crippen MR) is 110 cm³/mol. The van der Waals surface area contributed by atoms with Gasteiger partial charge < -0.3 is 10.3 Å². The molecular formula is C24H17N2O. The zero-order valence-electron chi connectivity index (χ0n) is 14.6. The van der Waals surface area contributed by atoms with Crippen molar-refractivity contribution in [2.45, 2.75) is 6.54 Å². The number of hydrogen-bond acceptors (Lipinski definition) is 1. The van der Waals surface area contributed by atoms with E-state index in [-0.39, 0.29) is 0 Å². The van der Waals surface area contributed by atoms with E-state index in [9.17, 15) is 4.79 Å². The molecule has 0 aliphatic heterocycles. The number of nitrogens with zero attached hydrogens (tertiary/aromatic N) is 1. The van der Waals surface area contributed by atoms with Crippen LogP contribution in [-0.2, 0) is 6.54 Å². The molecule has 5 aromatic rings. The molecule has 0 bridgehead atoms. The number of carbonyl (C=O) groups excluding carboxylic acids is 1. The van der Waals surface area contributed by atoms with E-state index in [4.69, 9.17) is 5.73 Å². The third kappa shape index (κ3) is 2.40. The molecule has 5 rings (SSSR count). The van der Waals surface area contributed by atoms with Gasteiger partial charge in [-0.3, -0.25) is 4.79 Å². The molecule has 2 N–H and O–H groups in total. The second kappa shape index (κ2) is 5.99. The molecule has 1 amide bonds. The molecule has 0 spiro atoms. The number of carbonyl (C=O) groups is 1. The number of aromatic nitrogens is 1. The van der Waals surface area contributed by atoms with Crippen LogP contribution in [0.1, 0.15) is 15.9 Å². The van der Waals surface area contributed by atoms with Crippen molar-refractivity contribution in [2.75, 3.05) is 0 Å². The normalized spacial score (nSPS) is 11.4. The fourth-order valence-electron chi connectivity index (χ4n) is 3.99. The average Bonchev–Trinajstić information content (AvgIpc) is 3.02. The van der Waals surface area contributed by atoms with E-state index < -0.39 is 5.91 Å². The van der Waals surface area contributed by atoms with E-state index in [1.807, 2.05) is 24.3 Å². The molecule has 27 heavy (non-hydrogen) atoms. The summed E-state index contributed by atoms with van der Waals surface area (Å²) in [4.78, 5) is 12.0. The van der Waals surface area contributed by atoms with Crippen molar-refractivity contribution in [3.05, 3.63) is 96.1 Å². The Labute approximate surface area is 156 Å². The van der Waals surface area contributed by atoms with Crippen molar-refractivity contribution < 1.29 is 4.79 Å². The summed E-state index contributed by atoms with van der Waals surface area (Å²) in [7, 11) is 0. The number of primary amides is 1. The van der Waals surface area contributed by atoms with Crippen LogP contribution in [0.3, 0.4) is 0 Å². The molecule has 1 aromatic heterocycles. The Bertz CT molecular complexity index is 1330. The maximum absolute atomic E-state index is 12.0. The fourth-order valence-corrected chi connectivity index (χ4v) is 3.99. The van der Waals surface area contributed by atoms with Crippen LogP contribution < -0.4 is 5.73 Å². The van der Waals surface area contributed by atoms with Crippen molar-refractivity contribution in [3.8, 4) is 0 Å². The molecule has 0 aliphatic carbocycles. The van der Waals surface area contributed by atoms with Crippen LogP contribution in [0.15, 0.2) is 78.9 Å². The minimum Gasteiger partial charge on any atom is -0.366 e. The monoisotopic (exact) mass is 349 g/mol. The van der Waals surface area contributed by atoms with E-state index >= 15 is 0 Å². The van der Waals surface area contributed by atoms with Crippen LogP contribution >= 0.6 is 0 Å². The van der Waals surface area contributed by atoms with E-state index in [0.717, 1.165) is 21.8 Å². The first-order chi connectivity index (χ1) is 13.2. The summed E-state index contributed by atoms with van der Waals surface area (Å²) in [5, 5.41) is 4.27. The van der Waals surface area contributed by atoms with Crippen molar-refractivity contribution in [3.63, 3.8) is 0 Å². The second-order valence-corrected chi connectivity index (χ2v) is 6.72. The summed E-state index contributed by atoms with van der Waals surface area (Å²) < 4.78 is 2.25. The third-order valence-electron chi connectivity index (χ3n) is 5.18. The lowest BCUT2D eigenvalue weighted by Gasteiger charge is -2.11. The standard InChI is InChI=1S/C24H17N2O/c25-24(27)20-12-6-14-22-23(20)19-11-3-4-13-21(19)26(22)15-17-9-5-8-16-7-1-2-10-18(16)17/h1-10,12-14H,15H2,(H2,25,27). The van der Waals surface area contributed by atoms with Gasteiger partial charge in [0.15, 0.2) is 0 Å². The van der Waals surface area contributed by atoms with Gasteiger partial charge in [-0.25, -0.2) is 0 Å². The Hall–Kier alpha value is -3.59. The summed E-state index contributed by atoms with van der Waals surface area (Å²) in [5.41, 5.74) is 9.47. The molecule has 0 unspecified atom stereocenters. The van der Waals surface area contributed by atoms with Gasteiger partial charge in [0.1, 0.15) is 0 Å². The van der Waals surface area contributed by atoms with Crippen LogP contribution in [-0.4, -0.2) is 10.5 Å². The van der Waals surface area contributed by atoms with E-state index in [1.165, 1.54) is 16.3 Å². The maximum atomic E-state index is 12.0. The molecule has 0 saturated heterocycles. The Morgan fingerprint density at radius 2 is 1.67 bits per heavy atom. The number of nitrogens with two attached hydrogens (primary N) is 1. The molecule has 129 valence electrons. The number of benzene rings is 4. The minimum absolute atomic E-state index is 0.415. The van der Waals surface area contributed by atoms with E-state index in [1.54, 1.807) is 6.07 Å². The lowest BCUT2D eigenvalue weighted by atomic mass is 10.0. The van der Waals surface area contributed by atoms with Gasteiger partial charge in [-0.1, -0.05) is 60.7 Å². The van der Waals surface area contributed by atoms with Gasteiger partial charge in [0, 0.05) is 22.9 Å². The Morgan fingerprint density at radius 1 is 0.889 bits per heavy atom. The molecule has 1 heterocycles. The Morgan fingerprint density at radius 3 is 2.56 bits per heavy atom. The van der Waals surface area contributed by atoms with Crippen LogP contribution in [0.25, 0.3) is 32.6 Å². The highest BCUT2D eigenvalue weighted by molar-refractivity contribution is 6.17. The highest BCUT2D eigenvalue weighted by Crippen LogP contribution is 2.32. The van der Waals surface area contributed by atoms with Crippen LogP contribution in [0.4, 0.5) is 0 Å². The van der Waals surface area contributed by atoms with Gasteiger partial charge in [0.25, 0.3) is 0 Å². The first kappa shape index (κ1) is 15.6. The smallest absolute Gasteiger partial charge is 0.249 e. The van der Waals surface area contributed by atoms with Gasteiger partial charge in [-0.2, -0.15) is 0 Å². The van der Waals surface area contributed by atoms with Gasteiger partial charge in [-0.15, -0.1) is 0 Å². The highest BCUT2D eigenvalue weighted by Gasteiger charge is 2.16. The van der Waals surface area contributed by atoms with Crippen molar-refractivity contribution in [1.82, 2.24) is 4.57 Å². The largest absolute Gasteiger partial charge is 0.366 e. The van der Waals surface area contributed by atoms with Crippen molar-refractivity contribution in [1.29, 1.82) is 0 Å². The maximum Gasteiger partial charge on any atom is 0.249 e. The lowest BCUT2D eigenvalue weighted by Crippen LogP contribution is -2.11. The average molecular weight is 349 g/mol. The van der Waals surface area contributed by atoms with Crippen LogP contribution in [0.2, 0.25) is 0 Å². The Kier molecular flexibility index (Phi) is 3.47. The first-order valence-corrected chi connectivity index (χ1v) is 8.92. The zero-order chi connectivity index (χ0) is 18.4. The summed E-state index contributed by atoms with van der Waals surface area (Å²) in [6.07, 6.45) is 0. The first-order valence-electron chi connectivity index (χ1n) is 8.92. The van der Waals surface area contributed by atoms with E-state index in [0.29, 0.717) is 12.1 Å². The molecule has 0 atom stereocenters. The quantitative estimate of drug-likeness (QED) is 0.495. The number of hydrogen-bond donors (Lipinski definition) is 1.